The Hall–Kier alpha value is -5.20. The fourth-order valence-corrected chi connectivity index (χ4v) is 6.58. The van der Waals surface area contributed by atoms with E-state index < -0.39 is 18.3 Å². The maximum Gasteiger partial charge on any atom is 0.338 e. The van der Waals surface area contributed by atoms with Crippen molar-refractivity contribution in [3.05, 3.63) is 144 Å². The van der Waals surface area contributed by atoms with Crippen molar-refractivity contribution >= 4 is 35.1 Å². The average Bonchev–Trinajstić information content (AvgIpc) is 3.12. The van der Waals surface area contributed by atoms with Crippen LogP contribution in [0.2, 0.25) is 0 Å². The molecular weight excluding hydrogens is 642 g/mol. The number of pyridine rings is 1. The van der Waals surface area contributed by atoms with E-state index >= 15 is 0 Å². The number of anilines is 2. The number of hydrogen-bond acceptors (Lipinski definition) is 8. The minimum absolute atomic E-state index is 0.0658. The van der Waals surface area contributed by atoms with Gasteiger partial charge in [-0.3, -0.25) is 0 Å². The lowest BCUT2D eigenvalue weighted by atomic mass is 9.91. The summed E-state index contributed by atoms with van der Waals surface area (Å²) in [4.78, 5) is 29.0. The Morgan fingerprint density at radius 1 is 0.816 bits per heavy atom. The molecule has 1 fully saturated rings. The number of urea groups is 1. The molecule has 0 bridgehead atoms. The van der Waals surface area contributed by atoms with Crippen molar-refractivity contribution in [1.82, 2.24) is 4.98 Å². The number of aliphatic hydroxyl groups excluding tert-OH is 1. The van der Waals surface area contributed by atoms with Gasteiger partial charge in [-0.25, -0.2) is 14.6 Å². The first-order valence-corrected chi connectivity index (χ1v) is 16.7. The third-order valence-corrected chi connectivity index (χ3v) is 9.11. The maximum absolute atomic E-state index is 12.9. The molecule has 0 aliphatic carbocycles. The van der Waals surface area contributed by atoms with Crippen LogP contribution in [0.4, 0.5) is 16.2 Å². The highest BCUT2D eigenvalue weighted by atomic mass is 32.2. The largest absolute Gasteiger partial charge is 0.478 e. The van der Waals surface area contributed by atoms with Gasteiger partial charge in [0.2, 0.25) is 0 Å². The number of amides is 2. The number of hydrogen-bond donors (Lipinski definition) is 4. The van der Waals surface area contributed by atoms with Crippen molar-refractivity contribution in [2.75, 3.05) is 16.4 Å². The molecule has 1 saturated heterocycles. The smallest absolute Gasteiger partial charge is 0.338 e. The van der Waals surface area contributed by atoms with Crippen LogP contribution in [-0.2, 0) is 16.1 Å². The molecule has 2 amide bonds. The predicted octanol–water partition coefficient (Wildman–Crippen LogP) is 8.29. The first-order valence-electron chi connectivity index (χ1n) is 15.7. The molecule has 2 heterocycles. The van der Waals surface area contributed by atoms with E-state index in [1.807, 2.05) is 73.7 Å². The molecule has 0 radical (unpaired) electrons. The standard InChI is InChI=1S/C38H35N3O7S/c1-24-33(23-49-35-32(36(43)44)11-6-20-39-35)47-37(48-34(24)26-14-12-25(22-42)13-15-26)27-7-5-8-29(21-27)41-38(45)40-28-16-18-31(19-17-28)46-30-9-3-2-4-10-30/h2-21,24,33-34,37,42H,22-23H2,1H3,(H,43,44)(H2,40,41,45)/t24-,33+,34+,37+/m0/s1. The first-order chi connectivity index (χ1) is 23.9. The number of nitrogens with zero attached hydrogens (tertiary/aromatic N) is 1. The van der Waals surface area contributed by atoms with Crippen LogP contribution in [0.3, 0.4) is 0 Å². The molecule has 10 nitrogen and oxygen atoms in total. The molecule has 250 valence electrons. The number of carboxylic acid groups (broad SMARTS) is 1. The summed E-state index contributed by atoms with van der Waals surface area (Å²) in [5.74, 6) is 0.640. The Bertz CT molecular complexity index is 1870. The van der Waals surface area contributed by atoms with Crippen LogP contribution in [0.5, 0.6) is 11.5 Å². The van der Waals surface area contributed by atoms with Crippen LogP contribution in [0, 0.1) is 5.92 Å². The average molecular weight is 678 g/mol. The Kier molecular flexibility index (Phi) is 10.9. The molecule has 0 unspecified atom stereocenters. The van der Waals surface area contributed by atoms with Crippen molar-refractivity contribution in [1.29, 1.82) is 0 Å². The molecule has 49 heavy (non-hydrogen) atoms. The summed E-state index contributed by atoms with van der Waals surface area (Å²) in [5, 5.41) is 25.3. The Labute approximate surface area is 288 Å². The van der Waals surface area contributed by atoms with Gasteiger partial charge in [0, 0.05) is 34.8 Å². The summed E-state index contributed by atoms with van der Waals surface area (Å²) in [7, 11) is 0. The Morgan fingerprint density at radius 2 is 1.55 bits per heavy atom. The number of aromatic carboxylic acids is 1. The number of aromatic nitrogens is 1. The zero-order valence-electron chi connectivity index (χ0n) is 26.6. The number of carbonyl (C=O) groups is 2. The zero-order valence-corrected chi connectivity index (χ0v) is 27.4. The minimum Gasteiger partial charge on any atom is -0.478 e. The van der Waals surface area contributed by atoms with Gasteiger partial charge in [-0.2, -0.15) is 0 Å². The number of nitrogens with one attached hydrogen (secondary N) is 2. The SMILES string of the molecule is C[C@H]1[C@@H](CSc2ncccc2C(=O)O)O[C@@H](c2cccc(NC(=O)Nc3ccc(Oc4ccccc4)cc3)c2)O[C@H]1c1ccc(CO)cc1. The highest BCUT2D eigenvalue weighted by Crippen LogP contribution is 2.43. The van der Waals surface area contributed by atoms with Crippen LogP contribution >= 0.6 is 11.8 Å². The van der Waals surface area contributed by atoms with Crippen molar-refractivity contribution in [3.63, 3.8) is 0 Å². The van der Waals surface area contributed by atoms with Crippen molar-refractivity contribution in [3.8, 4) is 11.5 Å². The van der Waals surface area contributed by atoms with Gasteiger partial charge >= 0.3 is 12.0 Å². The molecule has 1 aliphatic rings. The molecule has 5 aromatic rings. The number of aliphatic hydroxyl groups is 1. The summed E-state index contributed by atoms with van der Waals surface area (Å²) in [6.45, 7) is 1.97. The van der Waals surface area contributed by atoms with Gasteiger partial charge in [0.1, 0.15) is 16.5 Å². The fourth-order valence-electron chi connectivity index (χ4n) is 5.43. The van der Waals surface area contributed by atoms with Gasteiger partial charge in [-0.15, -0.1) is 11.8 Å². The summed E-state index contributed by atoms with van der Waals surface area (Å²) in [5.41, 5.74) is 3.68. The Morgan fingerprint density at radius 3 is 2.29 bits per heavy atom. The van der Waals surface area contributed by atoms with Crippen molar-refractivity contribution in [2.24, 2.45) is 5.92 Å². The van der Waals surface area contributed by atoms with Crippen LogP contribution < -0.4 is 15.4 Å². The van der Waals surface area contributed by atoms with Gasteiger partial charge in [-0.05, 0) is 71.8 Å². The molecule has 1 aromatic heterocycles. The van der Waals surface area contributed by atoms with Crippen molar-refractivity contribution in [2.45, 2.75) is 37.1 Å². The normalized spacial score (nSPS) is 18.7. The van der Waals surface area contributed by atoms with Crippen molar-refractivity contribution < 1.29 is 34.0 Å². The number of para-hydroxylation sites is 1. The van der Waals surface area contributed by atoms with E-state index in [0.29, 0.717) is 33.5 Å². The van der Waals surface area contributed by atoms with Crippen LogP contribution in [0.1, 0.15) is 46.4 Å². The molecule has 0 spiro atoms. The van der Waals surface area contributed by atoms with Gasteiger partial charge < -0.3 is 35.1 Å². The predicted molar refractivity (Wildman–Crippen MR) is 187 cm³/mol. The third kappa shape index (κ3) is 8.64. The number of carbonyl (C=O) groups excluding carboxylic acids is 1. The molecule has 4 N–H and O–H groups in total. The molecule has 4 aromatic carbocycles. The summed E-state index contributed by atoms with van der Waals surface area (Å²) in [6.07, 6.45) is 0.0766. The quantitative estimate of drug-likeness (QED) is 0.102. The van der Waals surface area contributed by atoms with Gasteiger partial charge in [0.15, 0.2) is 6.29 Å². The number of thioether (sulfide) groups is 1. The number of carboxylic acids is 1. The van der Waals surface area contributed by atoms with E-state index in [9.17, 15) is 19.8 Å². The first kappa shape index (κ1) is 33.7. The summed E-state index contributed by atoms with van der Waals surface area (Å²) >= 11 is 1.32. The lowest BCUT2D eigenvalue weighted by molar-refractivity contribution is -0.268. The highest BCUT2D eigenvalue weighted by molar-refractivity contribution is 7.99. The molecule has 11 heteroatoms. The Balaban J connectivity index is 1.16. The highest BCUT2D eigenvalue weighted by Gasteiger charge is 2.38. The van der Waals surface area contributed by atoms with E-state index in [0.717, 1.165) is 16.9 Å². The lowest BCUT2D eigenvalue weighted by Crippen LogP contribution is -2.38. The van der Waals surface area contributed by atoms with E-state index in [1.165, 1.54) is 17.8 Å². The zero-order chi connectivity index (χ0) is 34.2. The van der Waals surface area contributed by atoms with Gasteiger partial charge in [0.25, 0.3) is 0 Å². The second-order valence-electron chi connectivity index (χ2n) is 11.4. The van der Waals surface area contributed by atoms with Crippen LogP contribution in [0.15, 0.2) is 126 Å². The van der Waals surface area contributed by atoms with Crippen LogP contribution in [-0.4, -0.2) is 39.1 Å². The van der Waals surface area contributed by atoms with Crippen LogP contribution in [0.25, 0.3) is 0 Å². The molecular formula is C38H35N3O7S. The van der Waals surface area contributed by atoms with E-state index in [-0.39, 0.29) is 30.3 Å². The second kappa shape index (κ2) is 15.8. The number of ether oxygens (including phenoxy) is 3. The maximum atomic E-state index is 12.9. The minimum atomic E-state index is -1.04. The number of benzene rings is 4. The fraction of sp³-hybridized carbons (Fsp3) is 0.184. The van der Waals surface area contributed by atoms with E-state index in [2.05, 4.69) is 15.6 Å². The molecule has 4 atom stereocenters. The van der Waals surface area contributed by atoms with Gasteiger partial charge in [-0.1, -0.05) is 61.5 Å². The monoisotopic (exact) mass is 677 g/mol. The van der Waals surface area contributed by atoms with E-state index in [4.69, 9.17) is 14.2 Å². The summed E-state index contributed by atoms with van der Waals surface area (Å²) in [6, 6.07) is 34.1. The summed E-state index contributed by atoms with van der Waals surface area (Å²) < 4.78 is 18.9. The lowest BCUT2D eigenvalue weighted by Gasteiger charge is -2.41. The molecule has 6 rings (SSSR count). The third-order valence-electron chi connectivity index (χ3n) is 8.02. The van der Waals surface area contributed by atoms with Gasteiger partial charge in [0.05, 0.1) is 24.4 Å². The number of rotatable bonds is 11. The topological polar surface area (TPSA) is 139 Å². The second-order valence-corrected chi connectivity index (χ2v) is 12.4. The molecule has 1 aliphatic heterocycles. The molecule has 0 saturated carbocycles. The van der Waals surface area contributed by atoms with E-state index in [1.54, 1.807) is 48.7 Å².